The Hall–Kier alpha value is -5.61. The smallest absolute Gasteiger partial charge is 0.128 e. The van der Waals surface area contributed by atoms with Crippen molar-refractivity contribution in [1.82, 2.24) is 14.5 Å². The van der Waals surface area contributed by atoms with E-state index in [1.165, 1.54) is 23.0 Å². The minimum atomic E-state index is -2.35. The van der Waals surface area contributed by atoms with Crippen molar-refractivity contribution in [2.75, 3.05) is 0 Å². The van der Waals surface area contributed by atoms with E-state index in [9.17, 15) is 0 Å². The van der Waals surface area contributed by atoms with Gasteiger partial charge in [0.05, 0.1) is 22.4 Å². The molecule has 0 bridgehead atoms. The molecule has 0 aliphatic heterocycles. The third-order valence-corrected chi connectivity index (χ3v) is 9.42. The van der Waals surface area contributed by atoms with E-state index >= 15 is 0 Å². The number of furan rings is 1. The zero-order chi connectivity index (χ0) is 39.2. The van der Waals surface area contributed by atoms with Gasteiger partial charge in [0.2, 0.25) is 0 Å². The third-order valence-electron chi connectivity index (χ3n) is 9.42. The molecule has 6 aromatic carbocycles. The van der Waals surface area contributed by atoms with E-state index in [0.717, 1.165) is 49.9 Å². The number of hydrogen-bond donors (Lipinski definition) is 0. The first-order valence-electron chi connectivity index (χ1n) is 19.3. The van der Waals surface area contributed by atoms with Crippen molar-refractivity contribution in [2.24, 2.45) is 0 Å². The summed E-state index contributed by atoms with van der Waals surface area (Å²) >= 11 is 0. The van der Waals surface area contributed by atoms with Gasteiger partial charge in [-0.25, -0.2) is 0 Å². The first kappa shape index (κ1) is 31.0. The van der Waals surface area contributed by atoms with Gasteiger partial charge in [0.15, 0.2) is 0 Å². The molecule has 4 nitrogen and oxygen atoms in total. The predicted molar refractivity (Wildman–Crippen MR) is 215 cm³/mol. The second-order valence-electron chi connectivity index (χ2n) is 13.1. The van der Waals surface area contributed by atoms with Crippen LogP contribution in [0.25, 0.3) is 72.4 Å². The molecule has 3 aromatic heterocycles. The Morgan fingerprint density at radius 1 is 0.736 bits per heavy atom. The van der Waals surface area contributed by atoms with Crippen LogP contribution in [0, 0.1) is 32.8 Å². The molecule has 9 aromatic rings. The Balaban J connectivity index is 0.000000182. The average molecular weight is 870 g/mol. The number of aryl methyl sites for hydroxylation is 3. The maximum atomic E-state index is 8.52. The molecule has 1 radical (unpaired) electrons. The molecular formula is C48H39IrN3O-2. The van der Waals surface area contributed by atoms with Crippen LogP contribution < -0.4 is 0 Å². The first-order valence-corrected chi connectivity index (χ1v) is 17.3. The Bertz CT molecular complexity index is 2840. The summed E-state index contributed by atoms with van der Waals surface area (Å²) in [5.41, 5.74) is 12.0. The first-order chi connectivity index (χ1) is 26.9. The summed E-state index contributed by atoms with van der Waals surface area (Å²) in [6, 6.07) is 50.8. The van der Waals surface area contributed by atoms with Gasteiger partial charge in [-0.1, -0.05) is 110 Å². The van der Waals surface area contributed by atoms with E-state index < -0.39 is 12.7 Å². The number of benzene rings is 6. The van der Waals surface area contributed by atoms with E-state index in [0.29, 0.717) is 22.4 Å². The fraction of sp³-hybridized carbons (Fsp3) is 0.125. The van der Waals surface area contributed by atoms with Crippen molar-refractivity contribution < 1.29 is 30.0 Å². The van der Waals surface area contributed by atoms with E-state index in [-0.39, 0.29) is 25.7 Å². The standard InChI is InChI=1S/C27H22NO.C21H17N2.Ir/c1-17(2)24-15-25(28-16-18(24)3)23-14-8-13-22-21-12-7-11-20(26(21)29-27(22)23)19-9-5-4-6-10-19;1-15-9-8-10-16(2)20(15)23-19-14-7-6-13-18(19)22-21(23)17-11-4-3-5-12-17;/h4-13,15-17H,1-3H3;3-11,13-14H,1-2H3;/q2*-1;/i3D3,17D;;. The Morgan fingerprint density at radius 2 is 1.47 bits per heavy atom. The van der Waals surface area contributed by atoms with Crippen LogP contribution in [0.2, 0.25) is 0 Å². The SMILES string of the molecule is Cc1cccc(C)c1-n1c(-c2[c-]cccc2)nc2ccccc21.[2H]C([2H])([2H])c1cnc(-c2[c-]ccc3c2oc2c(-c4ccccc4)cccc23)cc1C([2H])(C)C.[Ir]. The summed E-state index contributed by atoms with van der Waals surface area (Å²) < 4.78 is 40.8. The Kier molecular flexibility index (Phi) is 8.86. The summed E-state index contributed by atoms with van der Waals surface area (Å²) in [7, 11) is 0. The zero-order valence-corrected chi connectivity index (χ0v) is 32.3. The van der Waals surface area contributed by atoms with Gasteiger partial charge in [-0.3, -0.25) is 4.98 Å². The number of nitrogens with zero attached hydrogens (tertiary/aromatic N) is 3. The van der Waals surface area contributed by atoms with Crippen LogP contribution in [0.3, 0.4) is 0 Å². The summed E-state index contributed by atoms with van der Waals surface area (Å²) in [6.45, 7) is 5.31. The van der Waals surface area contributed by atoms with Crippen molar-refractivity contribution in [2.45, 2.75) is 40.4 Å². The Morgan fingerprint density at radius 3 is 2.23 bits per heavy atom. The van der Waals surface area contributed by atoms with Gasteiger partial charge in [-0.15, -0.1) is 54.1 Å². The van der Waals surface area contributed by atoms with Crippen LogP contribution in [0.5, 0.6) is 0 Å². The minimum absolute atomic E-state index is 0. The molecule has 0 atom stereocenters. The molecule has 5 heteroatoms. The number of hydrogen-bond acceptors (Lipinski definition) is 3. The van der Waals surface area contributed by atoms with Gasteiger partial charge < -0.3 is 14.0 Å². The summed E-state index contributed by atoms with van der Waals surface area (Å²) in [5, 5.41) is 1.92. The monoisotopic (exact) mass is 870 g/mol. The van der Waals surface area contributed by atoms with E-state index in [1.54, 1.807) is 19.9 Å². The van der Waals surface area contributed by atoms with Gasteiger partial charge in [0.1, 0.15) is 5.58 Å². The van der Waals surface area contributed by atoms with Gasteiger partial charge in [0, 0.05) is 48.4 Å². The van der Waals surface area contributed by atoms with Crippen LogP contribution in [0.15, 0.2) is 144 Å². The molecule has 0 unspecified atom stereocenters. The molecule has 3 heterocycles. The van der Waals surface area contributed by atoms with Crippen molar-refractivity contribution >= 4 is 33.0 Å². The van der Waals surface area contributed by atoms with Crippen molar-refractivity contribution in [3.63, 3.8) is 0 Å². The van der Waals surface area contributed by atoms with Crippen molar-refractivity contribution in [3.8, 4) is 39.5 Å². The van der Waals surface area contributed by atoms with Gasteiger partial charge in [0.25, 0.3) is 0 Å². The number of pyridine rings is 1. The summed E-state index contributed by atoms with van der Waals surface area (Å²) in [5.74, 6) is -0.173. The quantitative estimate of drug-likeness (QED) is 0.162. The number of fused-ring (bicyclic) bond motifs is 4. The molecular weight excluding hydrogens is 827 g/mol. The van der Waals surface area contributed by atoms with Crippen molar-refractivity contribution in [1.29, 1.82) is 0 Å². The minimum Gasteiger partial charge on any atom is -0.500 e. The van der Waals surface area contributed by atoms with Crippen molar-refractivity contribution in [3.05, 3.63) is 174 Å². The van der Waals surface area contributed by atoms with E-state index in [4.69, 9.17) is 14.9 Å². The molecule has 53 heavy (non-hydrogen) atoms. The second kappa shape index (κ2) is 15.2. The fourth-order valence-corrected chi connectivity index (χ4v) is 6.93. The molecule has 9 rings (SSSR count). The maximum absolute atomic E-state index is 8.52. The molecule has 0 saturated carbocycles. The number of imidazole rings is 1. The molecule has 0 aliphatic carbocycles. The third kappa shape index (κ3) is 6.75. The molecule has 263 valence electrons. The number of aromatic nitrogens is 3. The zero-order valence-electron chi connectivity index (χ0n) is 33.9. The fourth-order valence-electron chi connectivity index (χ4n) is 6.93. The molecule has 0 amide bonds. The topological polar surface area (TPSA) is 43.9 Å². The molecule has 0 N–H and O–H groups in total. The van der Waals surface area contributed by atoms with Crippen LogP contribution in [-0.4, -0.2) is 14.5 Å². The summed E-state index contributed by atoms with van der Waals surface area (Å²) in [6.07, 6.45) is 1.36. The van der Waals surface area contributed by atoms with Crippen LogP contribution in [0.1, 0.15) is 47.5 Å². The molecule has 0 spiro atoms. The molecule has 0 aliphatic rings. The maximum Gasteiger partial charge on any atom is 0.128 e. The van der Waals surface area contributed by atoms with Crippen LogP contribution in [0.4, 0.5) is 0 Å². The van der Waals surface area contributed by atoms with Crippen LogP contribution in [-0.2, 0) is 20.1 Å². The van der Waals surface area contributed by atoms with E-state index in [2.05, 4.69) is 78.0 Å². The number of para-hydroxylation sites is 4. The van der Waals surface area contributed by atoms with E-state index in [1.807, 2.05) is 84.9 Å². The van der Waals surface area contributed by atoms with Gasteiger partial charge in [-0.2, -0.15) is 0 Å². The largest absolute Gasteiger partial charge is 0.500 e. The summed E-state index contributed by atoms with van der Waals surface area (Å²) in [4.78, 5) is 9.33. The Labute approximate surface area is 330 Å². The second-order valence-corrected chi connectivity index (χ2v) is 13.1. The number of rotatable bonds is 5. The molecule has 0 saturated heterocycles. The van der Waals surface area contributed by atoms with Gasteiger partial charge in [-0.05, 0) is 72.2 Å². The normalized spacial score (nSPS) is 12.7. The van der Waals surface area contributed by atoms with Gasteiger partial charge >= 0.3 is 0 Å². The van der Waals surface area contributed by atoms with Crippen LogP contribution >= 0.6 is 0 Å². The average Bonchev–Trinajstić information content (AvgIpc) is 3.77. The predicted octanol–water partition coefficient (Wildman–Crippen LogP) is 12.7. The molecule has 0 fully saturated rings.